The minimum absolute atomic E-state index is 0.281. The highest BCUT2D eigenvalue weighted by Crippen LogP contribution is 2.27. The van der Waals surface area contributed by atoms with Gasteiger partial charge in [0.15, 0.2) is 0 Å². The van der Waals surface area contributed by atoms with E-state index in [1.165, 1.54) is 0 Å². The fourth-order valence-corrected chi connectivity index (χ4v) is 2.56. The van der Waals surface area contributed by atoms with Crippen LogP contribution in [0.1, 0.15) is 60.1 Å². The number of pyridine rings is 1. The first kappa shape index (κ1) is 23.9. The summed E-state index contributed by atoms with van der Waals surface area (Å²) in [5.41, 5.74) is 1.11. The van der Waals surface area contributed by atoms with Crippen molar-refractivity contribution in [3.63, 3.8) is 0 Å². The monoisotopic (exact) mass is 353 g/mol. The van der Waals surface area contributed by atoms with E-state index in [0.717, 1.165) is 37.3 Å². The number of ether oxygens (including phenoxy) is 3. The third-order valence-corrected chi connectivity index (χ3v) is 4.42. The average molecular weight is 354 g/mol. The van der Waals surface area contributed by atoms with Crippen molar-refractivity contribution in [2.75, 3.05) is 20.8 Å². The van der Waals surface area contributed by atoms with Gasteiger partial charge in [-0.3, -0.25) is 4.98 Å². The second-order valence-electron chi connectivity index (χ2n) is 6.17. The molecule has 0 aromatic carbocycles. The van der Waals surface area contributed by atoms with E-state index >= 15 is 0 Å². The van der Waals surface area contributed by atoms with Gasteiger partial charge in [-0.05, 0) is 30.4 Å². The summed E-state index contributed by atoms with van der Waals surface area (Å²) in [4.78, 5) is 4.51. The molecule has 146 valence electrons. The molecule has 0 bridgehead atoms. The fraction of sp³-hybridized carbons (Fsp3) is 0.762. The lowest BCUT2D eigenvalue weighted by atomic mass is 9.92. The average Bonchev–Trinajstić information content (AvgIpc) is 2.62. The molecule has 0 saturated heterocycles. The van der Waals surface area contributed by atoms with Crippen molar-refractivity contribution in [1.82, 2.24) is 4.98 Å². The van der Waals surface area contributed by atoms with E-state index in [1.807, 2.05) is 40.0 Å². The molecule has 25 heavy (non-hydrogen) atoms. The predicted octanol–water partition coefficient (Wildman–Crippen LogP) is 5.15. The third kappa shape index (κ3) is 8.68. The zero-order chi connectivity index (χ0) is 19.2. The molecular formula is C21H39NO3. The molecule has 1 aromatic rings. The lowest BCUT2D eigenvalue weighted by Crippen LogP contribution is -2.38. The van der Waals surface area contributed by atoms with Crippen LogP contribution in [0.2, 0.25) is 0 Å². The molecule has 2 rings (SSSR count). The molecule has 0 amide bonds. The van der Waals surface area contributed by atoms with Crippen molar-refractivity contribution in [3.8, 4) is 5.75 Å². The highest BCUT2D eigenvalue weighted by molar-refractivity contribution is 5.21. The zero-order valence-electron chi connectivity index (χ0n) is 17.5. The molecule has 0 radical (unpaired) electrons. The number of hydrogen-bond acceptors (Lipinski definition) is 4. The number of methoxy groups -OCH3 is 2. The predicted molar refractivity (Wildman–Crippen MR) is 105 cm³/mol. The SMILES string of the molecule is CC.CC.COCC(C)C(C)Cc1ccc(OC2CC(OC)C2)cn1. The maximum absolute atomic E-state index is 5.87. The van der Waals surface area contributed by atoms with Crippen LogP contribution in [0.3, 0.4) is 0 Å². The zero-order valence-corrected chi connectivity index (χ0v) is 17.5. The Hall–Kier alpha value is -1.13. The second-order valence-corrected chi connectivity index (χ2v) is 6.17. The van der Waals surface area contributed by atoms with Gasteiger partial charge in [0.2, 0.25) is 0 Å². The van der Waals surface area contributed by atoms with Crippen molar-refractivity contribution in [2.45, 2.75) is 73.0 Å². The van der Waals surface area contributed by atoms with Gasteiger partial charge in [0.1, 0.15) is 11.9 Å². The molecule has 1 aliphatic rings. The Balaban J connectivity index is 0.00000134. The quantitative estimate of drug-likeness (QED) is 0.648. The second kappa shape index (κ2) is 14.1. The Kier molecular flexibility index (Phi) is 13.4. The molecule has 1 saturated carbocycles. The summed E-state index contributed by atoms with van der Waals surface area (Å²) < 4.78 is 16.3. The Morgan fingerprint density at radius 3 is 2.12 bits per heavy atom. The van der Waals surface area contributed by atoms with Gasteiger partial charge in [0.25, 0.3) is 0 Å². The largest absolute Gasteiger partial charge is 0.489 e. The van der Waals surface area contributed by atoms with Gasteiger partial charge in [-0.15, -0.1) is 0 Å². The summed E-state index contributed by atoms with van der Waals surface area (Å²) in [6.07, 6.45) is 5.41. The van der Waals surface area contributed by atoms with E-state index in [-0.39, 0.29) is 6.10 Å². The first-order valence-electron chi connectivity index (χ1n) is 9.75. The first-order valence-corrected chi connectivity index (χ1v) is 9.75. The molecule has 1 aliphatic carbocycles. The molecule has 2 atom stereocenters. The summed E-state index contributed by atoms with van der Waals surface area (Å²) >= 11 is 0. The van der Waals surface area contributed by atoms with Gasteiger partial charge < -0.3 is 14.2 Å². The maximum Gasteiger partial charge on any atom is 0.138 e. The van der Waals surface area contributed by atoms with Gasteiger partial charge in [-0.1, -0.05) is 41.5 Å². The Morgan fingerprint density at radius 1 is 1.00 bits per heavy atom. The minimum atomic E-state index is 0.281. The number of hydrogen-bond donors (Lipinski definition) is 0. The van der Waals surface area contributed by atoms with Gasteiger partial charge in [0.05, 0.1) is 12.3 Å². The Labute approximate surface area is 155 Å². The molecule has 0 spiro atoms. The van der Waals surface area contributed by atoms with Crippen LogP contribution in [0.25, 0.3) is 0 Å². The molecule has 0 N–H and O–H groups in total. The minimum Gasteiger partial charge on any atom is -0.489 e. The maximum atomic E-state index is 5.87. The van der Waals surface area contributed by atoms with Crippen molar-refractivity contribution < 1.29 is 14.2 Å². The summed E-state index contributed by atoms with van der Waals surface area (Å²) in [7, 11) is 3.51. The number of aromatic nitrogens is 1. The molecule has 2 unspecified atom stereocenters. The molecule has 0 aliphatic heterocycles. The summed E-state index contributed by atoms with van der Waals surface area (Å²) in [6.45, 7) is 13.3. The Morgan fingerprint density at radius 2 is 1.64 bits per heavy atom. The van der Waals surface area contributed by atoms with Crippen LogP contribution in [0, 0.1) is 11.8 Å². The normalized spacial score (nSPS) is 20.8. The lowest BCUT2D eigenvalue weighted by molar-refractivity contribution is -0.0382. The van der Waals surface area contributed by atoms with E-state index in [1.54, 1.807) is 14.2 Å². The van der Waals surface area contributed by atoms with Crippen LogP contribution in [-0.2, 0) is 15.9 Å². The topological polar surface area (TPSA) is 40.6 Å². The van der Waals surface area contributed by atoms with Gasteiger partial charge in [0, 0.05) is 39.4 Å². The van der Waals surface area contributed by atoms with Crippen molar-refractivity contribution in [2.24, 2.45) is 11.8 Å². The molecule has 4 nitrogen and oxygen atoms in total. The smallest absolute Gasteiger partial charge is 0.138 e. The molecule has 1 aromatic heterocycles. The van der Waals surface area contributed by atoms with Crippen LogP contribution >= 0.6 is 0 Å². The van der Waals surface area contributed by atoms with Crippen molar-refractivity contribution in [1.29, 1.82) is 0 Å². The highest BCUT2D eigenvalue weighted by Gasteiger charge is 2.30. The van der Waals surface area contributed by atoms with Crippen molar-refractivity contribution >= 4 is 0 Å². The number of nitrogens with zero attached hydrogens (tertiary/aromatic N) is 1. The molecular weight excluding hydrogens is 314 g/mol. The van der Waals surface area contributed by atoms with Gasteiger partial charge in [-0.25, -0.2) is 0 Å². The lowest BCUT2D eigenvalue weighted by Gasteiger charge is -2.34. The molecule has 1 heterocycles. The fourth-order valence-electron chi connectivity index (χ4n) is 2.56. The van der Waals surface area contributed by atoms with E-state index in [2.05, 4.69) is 24.9 Å². The summed E-state index contributed by atoms with van der Waals surface area (Å²) in [6, 6.07) is 4.09. The Bertz CT molecular complexity index is 416. The van der Waals surface area contributed by atoms with Gasteiger partial charge in [-0.2, -0.15) is 0 Å². The molecule has 1 fully saturated rings. The van der Waals surface area contributed by atoms with Crippen LogP contribution in [0.5, 0.6) is 5.75 Å². The van der Waals surface area contributed by atoms with Gasteiger partial charge >= 0.3 is 0 Å². The first-order chi connectivity index (χ1) is 12.1. The van der Waals surface area contributed by atoms with Crippen LogP contribution in [0.4, 0.5) is 0 Å². The van der Waals surface area contributed by atoms with Crippen LogP contribution in [0.15, 0.2) is 18.3 Å². The van der Waals surface area contributed by atoms with E-state index in [4.69, 9.17) is 14.2 Å². The van der Waals surface area contributed by atoms with Crippen LogP contribution < -0.4 is 4.74 Å². The highest BCUT2D eigenvalue weighted by atomic mass is 16.5. The molecule has 4 heteroatoms. The van der Waals surface area contributed by atoms with E-state index < -0.39 is 0 Å². The van der Waals surface area contributed by atoms with E-state index in [0.29, 0.717) is 17.9 Å². The van der Waals surface area contributed by atoms with Crippen molar-refractivity contribution in [3.05, 3.63) is 24.0 Å². The standard InChI is InChI=1S/C17H27NO3.2C2H6/c1-12(13(2)11-19-3)7-14-5-6-15(10-18-14)21-17-8-16(9-17)20-4;2*1-2/h5-6,10,12-13,16-17H,7-9,11H2,1-4H3;2*1-2H3. The summed E-state index contributed by atoms with van der Waals surface area (Å²) in [5.74, 6) is 1.95. The summed E-state index contributed by atoms with van der Waals surface area (Å²) in [5, 5.41) is 0. The van der Waals surface area contributed by atoms with E-state index in [9.17, 15) is 0 Å². The number of rotatable bonds is 8. The third-order valence-electron chi connectivity index (χ3n) is 4.42. The van der Waals surface area contributed by atoms with Crippen LogP contribution in [-0.4, -0.2) is 38.0 Å².